The molecule has 2 rings (SSSR count). The van der Waals surface area contributed by atoms with E-state index in [2.05, 4.69) is 5.32 Å². The second-order valence-electron chi connectivity index (χ2n) is 5.11. The molecule has 22 heavy (non-hydrogen) atoms. The zero-order chi connectivity index (χ0) is 15.1. The molecule has 1 aromatic carbocycles. The third kappa shape index (κ3) is 5.07. The summed E-state index contributed by atoms with van der Waals surface area (Å²) < 4.78 is 11.1. The van der Waals surface area contributed by atoms with Gasteiger partial charge in [0.25, 0.3) is 5.91 Å². The number of piperidine rings is 1. The van der Waals surface area contributed by atoms with E-state index in [0.29, 0.717) is 24.1 Å². The molecule has 124 valence electrons. The number of nitrogens with zero attached hydrogens (tertiary/aromatic N) is 1. The molecule has 0 bridgehead atoms. The van der Waals surface area contributed by atoms with Crippen molar-refractivity contribution >= 4 is 18.3 Å². The van der Waals surface area contributed by atoms with Crippen LogP contribution in [0, 0.1) is 0 Å². The molecule has 0 unspecified atom stereocenters. The van der Waals surface area contributed by atoms with Crippen molar-refractivity contribution in [2.24, 2.45) is 0 Å². The number of nitrogens with one attached hydrogen (secondary N) is 1. The molecular formula is C16H25ClN2O3. The van der Waals surface area contributed by atoms with Crippen LogP contribution in [0.5, 0.6) is 11.5 Å². The van der Waals surface area contributed by atoms with Gasteiger partial charge in [-0.2, -0.15) is 0 Å². The van der Waals surface area contributed by atoms with Crippen molar-refractivity contribution in [1.29, 1.82) is 0 Å². The van der Waals surface area contributed by atoms with Gasteiger partial charge in [0.1, 0.15) is 0 Å². The van der Waals surface area contributed by atoms with E-state index in [0.717, 1.165) is 25.9 Å². The minimum absolute atomic E-state index is 0. The molecule has 0 saturated carbocycles. The van der Waals surface area contributed by atoms with Crippen LogP contribution in [-0.4, -0.2) is 50.2 Å². The first-order valence-corrected chi connectivity index (χ1v) is 7.54. The largest absolute Gasteiger partial charge is 0.490 e. The minimum Gasteiger partial charge on any atom is -0.490 e. The number of hydrogen-bond donors (Lipinski definition) is 1. The maximum absolute atomic E-state index is 12.2. The maximum Gasteiger partial charge on any atom is 0.260 e. The van der Waals surface area contributed by atoms with Gasteiger partial charge in [0, 0.05) is 19.1 Å². The Kier molecular flexibility index (Phi) is 8.06. The Morgan fingerprint density at radius 3 is 2.36 bits per heavy atom. The van der Waals surface area contributed by atoms with Crippen molar-refractivity contribution < 1.29 is 14.3 Å². The van der Waals surface area contributed by atoms with E-state index in [-0.39, 0.29) is 24.9 Å². The number of carbonyl (C=O) groups excluding carboxylic acids is 1. The maximum atomic E-state index is 12.2. The molecule has 1 aliphatic heterocycles. The van der Waals surface area contributed by atoms with Gasteiger partial charge >= 0.3 is 0 Å². The molecule has 0 aliphatic carbocycles. The average molecular weight is 329 g/mol. The summed E-state index contributed by atoms with van der Waals surface area (Å²) in [6, 6.07) is 7.96. The number of benzene rings is 1. The second kappa shape index (κ2) is 9.54. The van der Waals surface area contributed by atoms with Gasteiger partial charge in [-0.1, -0.05) is 12.1 Å². The molecular weight excluding hydrogens is 304 g/mol. The number of ether oxygens (including phenoxy) is 2. The molecule has 1 N–H and O–H groups in total. The molecule has 1 aromatic rings. The van der Waals surface area contributed by atoms with E-state index in [9.17, 15) is 4.79 Å². The van der Waals surface area contributed by atoms with Crippen LogP contribution in [0.4, 0.5) is 0 Å². The van der Waals surface area contributed by atoms with Crippen molar-refractivity contribution in [2.45, 2.75) is 25.8 Å². The van der Waals surface area contributed by atoms with Crippen LogP contribution in [0.3, 0.4) is 0 Å². The molecule has 0 atom stereocenters. The highest BCUT2D eigenvalue weighted by Gasteiger charge is 2.22. The first-order valence-electron chi connectivity index (χ1n) is 7.54. The monoisotopic (exact) mass is 328 g/mol. The third-order valence-electron chi connectivity index (χ3n) is 3.76. The van der Waals surface area contributed by atoms with Gasteiger partial charge in [-0.3, -0.25) is 4.79 Å². The fourth-order valence-corrected chi connectivity index (χ4v) is 2.49. The van der Waals surface area contributed by atoms with Gasteiger partial charge < -0.3 is 19.7 Å². The molecule has 1 amide bonds. The Bertz CT molecular complexity index is 462. The predicted molar refractivity (Wildman–Crippen MR) is 89.0 cm³/mol. The summed E-state index contributed by atoms with van der Waals surface area (Å²) in [7, 11) is 1.97. The van der Waals surface area contributed by atoms with Crippen LogP contribution >= 0.6 is 12.4 Å². The summed E-state index contributed by atoms with van der Waals surface area (Å²) in [5.74, 6) is 1.34. The van der Waals surface area contributed by atoms with Crippen LogP contribution in [0.2, 0.25) is 0 Å². The van der Waals surface area contributed by atoms with Gasteiger partial charge in [0.15, 0.2) is 18.1 Å². The quantitative estimate of drug-likeness (QED) is 0.869. The van der Waals surface area contributed by atoms with Crippen molar-refractivity contribution in [2.75, 3.05) is 33.4 Å². The van der Waals surface area contributed by atoms with Gasteiger partial charge in [-0.05, 0) is 38.9 Å². The van der Waals surface area contributed by atoms with Gasteiger partial charge in [-0.25, -0.2) is 0 Å². The van der Waals surface area contributed by atoms with Crippen LogP contribution in [-0.2, 0) is 4.79 Å². The van der Waals surface area contributed by atoms with Crippen LogP contribution < -0.4 is 14.8 Å². The Morgan fingerprint density at radius 1 is 1.23 bits per heavy atom. The molecule has 0 spiro atoms. The lowest BCUT2D eigenvalue weighted by molar-refractivity contribution is -0.134. The third-order valence-corrected chi connectivity index (χ3v) is 3.76. The number of likely N-dealkylation sites (tertiary alicyclic amines) is 1. The van der Waals surface area contributed by atoms with E-state index in [1.165, 1.54) is 0 Å². The van der Waals surface area contributed by atoms with E-state index in [1.807, 2.05) is 43.1 Å². The Morgan fingerprint density at radius 2 is 1.82 bits per heavy atom. The molecule has 5 nitrogen and oxygen atoms in total. The van der Waals surface area contributed by atoms with Gasteiger partial charge in [0.2, 0.25) is 0 Å². The fraction of sp³-hybridized carbons (Fsp3) is 0.562. The summed E-state index contributed by atoms with van der Waals surface area (Å²) in [5, 5.41) is 3.26. The van der Waals surface area contributed by atoms with Crippen LogP contribution in [0.25, 0.3) is 0 Å². The smallest absolute Gasteiger partial charge is 0.260 e. The topological polar surface area (TPSA) is 50.8 Å². The number of carbonyl (C=O) groups is 1. The number of amides is 1. The lowest BCUT2D eigenvalue weighted by Gasteiger charge is -2.31. The van der Waals surface area contributed by atoms with Gasteiger partial charge in [0.05, 0.1) is 6.61 Å². The molecule has 1 heterocycles. The SMILES string of the molecule is CCOc1ccccc1OCC(=O)N1CCC(NC)CC1.Cl. The lowest BCUT2D eigenvalue weighted by atomic mass is 10.1. The molecule has 6 heteroatoms. The Labute approximate surface area is 138 Å². The summed E-state index contributed by atoms with van der Waals surface area (Å²) in [6.07, 6.45) is 2.00. The first-order chi connectivity index (χ1) is 10.2. The summed E-state index contributed by atoms with van der Waals surface area (Å²) in [6.45, 7) is 4.15. The molecule has 1 fully saturated rings. The van der Waals surface area contributed by atoms with E-state index >= 15 is 0 Å². The summed E-state index contributed by atoms with van der Waals surface area (Å²) in [4.78, 5) is 14.0. The zero-order valence-corrected chi connectivity index (χ0v) is 14.0. The standard InChI is InChI=1S/C16H24N2O3.ClH/c1-3-20-14-6-4-5-7-15(14)21-12-16(19)18-10-8-13(17-2)9-11-18;/h4-7,13,17H,3,8-12H2,1-2H3;1H. The average Bonchev–Trinajstić information content (AvgIpc) is 2.54. The fourth-order valence-electron chi connectivity index (χ4n) is 2.49. The highest BCUT2D eigenvalue weighted by molar-refractivity contribution is 5.85. The Hall–Kier alpha value is -1.46. The van der Waals surface area contributed by atoms with Crippen molar-refractivity contribution in [3.8, 4) is 11.5 Å². The van der Waals surface area contributed by atoms with Gasteiger partial charge in [-0.15, -0.1) is 12.4 Å². The van der Waals surface area contributed by atoms with Crippen molar-refractivity contribution in [3.63, 3.8) is 0 Å². The molecule has 0 radical (unpaired) electrons. The summed E-state index contributed by atoms with van der Waals surface area (Å²) >= 11 is 0. The van der Waals surface area contributed by atoms with Crippen LogP contribution in [0.1, 0.15) is 19.8 Å². The van der Waals surface area contributed by atoms with E-state index < -0.39 is 0 Å². The van der Waals surface area contributed by atoms with E-state index in [1.54, 1.807) is 0 Å². The van der Waals surface area contributed by atoms with E-state index in [4.69, 9.17) is 9.47 Å². The highest BCUT2D eigenvalue weighted by Crippen LogP contribution is 2.26. The van der Waals surface area contributed by atoms with Crippen LogP contribution in [0.15, 0.2) is 24.3 Å². The first kappa shape index (κ1) is 18.6. The van der Waals surface area contributed by atoms with Crippen molar-refractivity contribution in [1.82, 2.24) is 10.2 Å². The zero-order valence-electron chi connectivity index (χ0n) is 13.2. The molecule has 1 aliphatic rings. The number of rotatable bonds is 6. The highest BCUT2D eigenvalue weighted by atomic mass is 35.5. The molecule has 0 aromatic heterocycles. The molecule has 1 saturated heterocycles. The Balaban J connectivity index is 0.00000242. The summed E-state index contributed by atoms with van der Waals surface area (Å²) in [5.41, 5.74) is 0. The number of hydrogen-bond acceptors (Lipinski definition) is 4. The van der Waals surface area contributed by atoms with Crippen molar-refractivity contribution in [3.05, 3.63) is 24.3 Å². The number of halogens is 1. The minimum atomic E-state index is 0. The normalized spacial score (nSPS) is 15.1. The number of para-hydroxylation sites is 2. The second-order valence-corrected chi connectivity index (χ2v) is 5.11. The predicted octanol–water partition coefficient (Wildman–Crippen LogP) is 2.10. The lowest BCUT2D eigenvalue weighted by Crippen LogP contribution is -2.45.